The fourth-order valence-electron chi connectivity index (χ4n) is 2.19. The largest absolute Gasteiger partial charge is 0.351 e. The Morgan fingerprint density at radius 2 is 1.96 bits per heavy atom. The lowest BCUT2D eigenvalue weighted by Gasteiger charge is -2.06. The summed E-state index contributed by atoms with van der Waals surface area (Å²) in [6, 6.07) is 11.4. The van der Waals surface area contributed by atoms with E-state index < -0.39 is 0 Å². The minimum Gasteiger partial charge on any atom is -0.351 e. The summed E-state index contributed by atoms with van der Waals surface area (Å²) < 4.78 is 1.66. The van der Waals surface area contributed by atoms with Gasteiger partial charge in [-0.15, -0.1) is 11.8 Å². The summed E-state index contributed by atoms with van der Waals surface area (Å²) in [4.78, 5) is 20.8. The summed E-state index contributed by atoms with van der Waals surface area (Å²) in [5.41, 5.74) is 1.33. The number of hydrogen-bond acceptors (Lipinski definition) is 5. The van der Waals surface area contributed by atoms with Crippen LogP contribution in [0, 0.1) is 6.92 Å². The second-order valence-corrected chi connectivity index (χ2v) is 6.13. The van der Waals surface area contributed by atoms with Gasteiger partial charge in [-0.05, 0) is 31.2 Å². The van der Waals surface area contributed by atoms with Gasteiger partial charge >= 0.3 is 0 Å². The van der Waals surface area contributed by atoms with Gasteiger partial charge in [0.15, 0.2) is 5.82 Å². The van der Waals surface area contributed by atoms with Gasteiger partial charge in [0, 0.05) is 24.7 Å². The number of carbonyl (C=O) groups excluding carboxylic acids is 1. The third-order valence-corrected chi connectivity index (χ3v) is 4.34. The Morgan fingerprint density at radius 1 is 1.17 bits per heavy atom. The van der Waals surface area contributed by atoms with Crippen LogP contribution in [-0.4, -0.2) is 38.0 Å². The molecule has 3 rings (SSSR count). The van der Waals surface area contributed by atoms with Crippen LogP contribution >= 0.6 is 11.8 Å². The molecule has 3 heterocycles. The van der Waals surface area contributed by atoms with Crippen LogP contribution in [0.5, 0.6) is 0 Å². The first-order valence-electron chi connectivity index (χ1n) is 7.54. The highest BCUT2D eigenvalue weighted by atomic mass is 32.2. The Balaban J connectivity index is 1.57. The molecule has 0 saturated heterocycles. The van der Waals surface area contributed by atoms with E-state index in [2.05, 4.69) is 20.4 Å². The molecule has 0 atom stereocenters. The molecule has 3 aromatic rings. The van der Waals surface area contributed by atoms with Crippen molar-refractivity contribution in [2.75, 3.05) is 12.3 Å². The van der Waals surface area contributed by atoms with E-state index in [0.717, 1.165) is 16.5 Å². The van der Waals surface area contributed by atoms with Crippen molar-refractivity contribution >= 4 is 17.7 Å². The summed E-state index contributed by atoms with van der Waals surface area (Å²) in [7, 11) is 0. The van der Waals surface area contributed by atoms with Gasteiger partial charge in [-0.2, -0.15) is 5.10 Å². The standard InChI is InChI=1S/C17H17N5OS/c1-13-14(12-21-22(13)15-6-2-4-8-18-15)17(23)20-10-11-24-16-7-3-5-9-19-16/h2-9,12H,10-11H2,1H3,(H,20,23). The lowest BCUT2D eigenvalue weighted by molar-refractivity contribution is 0.0955. The number of pyridine rings is 2. The van der Waals surface area contributed by atoms with Crippen LogP contribution in [0.4, 0.5) is 0 Å². The van der Waals surface area contributed by atoms with Crippen molar-refractivity contribution in [2.45, 2.75) is 11.9 Å². The maximum absolute atomic E-state index is 12.3. The van der Waals surface area contributed by atoms with Crippen LogP contribution in [0.25, 0.3) is 5.82 Å². The van der Waals surface area contributed by atoms with Crippen molar-refractivity contribution < 1.29 is 4.79 Å². The van der Waals surface area contributed by atoms with Crippen LogP contribution in [-0.2, 0) is 0 Å². The Labute approximate surface area is 144 Å². The van der Waals surface area contributed by atoms with E-state index in [9.17, 15) is 4.79 Å². The number of amides is 1. The maximum atomic E-state index is 12.3. The van der Waals surface area contributed by atoms with Crippen LogP contribution in [0.1, 0.15) is 16.1 Å². The van der Waals surface area contributed by atoms with Gasteiger partial charge in [0.05, 0.1) is 22.5 Å². The summed E-state index contributed by atoms with van der Waals surface area (Å²) >= 11 is 1.61. The van der Waals surface area contributed by atoms with E-state index in [-0.39, 0.29) is 5.91 Å². The lowest BCUT2D eigenvalue weighted by Crippen LogP contribution is -2.26. The average Bonchev–Trinajstić information content (AvgIpc) is 3.02. The molecule has 6 nitrogen and oxygen atoms in total. The second-order valence-electron chi connectivity index (χ2n) is 5.02. The van der Waals surface area contributed by atoms with Crippen molar-refractivity contribution in [1.82, 2.24) is 25.1 Å². The number of nitrogens with zero attached hydrogens (tertiary/aromatic N) is 4. The highest BCUT2D eigenvalue weighted by Gasteiger charge is 2.15. The third-order valence-electron chi connectivity index (χ3n) is 3.40. The van der Waals surface area contributed by atoms with Gasteiger partial charge in [-0.25, -0.2) is 14.6 Å². The summed E-state index contributed by atoms with van der Waals surface area (Å²) in [5, 5.41) is 8.12. The molecule has 0 saturated carbocycles. The van der Waals surface area contributed by atoms with Gasteiger partial charge in [0.1, 0.15) is 0 Å². The highest BCUT2D eigenvalue weighted by Crippen LogP contribution is 2.14. The lowest BCUT2D eigenvalue weighted by atomic mass is 10.2. The predicted molar refractivity (Wildman–Crippen MR) is 93.4 cm³/mol. The molecule has 24 heavy (non-hydrogen) atoms. The van der Waals surface area contributed by atoms with Gasteiger partial charge in [0.2, 0.25) is 0 Å². The molecule has 7 heteroatoms. The maximum Gasteiger partial charge on any atom is 0.254 e. The van der Waals surface area contributed by atoms with E-state index in [1.54, 1.807) is 35.0 Å². The quantitative estimate of drug-likeness (QED) is 0.552. The zero-order valence-corrected chi connectivity index (χ0v) is 14.0. The Morgan fingerprint density at radius 3 is 2.67 bits per heavy atom. The monoisotopic (exact) mass is 339 g/mol. The minimum atomic E-state index is -0.128. The first-order chi connectivity index (χ1) is 11.8. The molecule has 122 valence electrons. The number of carbonyl (C=O) groups is 1. The van der Waals surface area contributed by atoms with Crippen molar-refractivity contribution in [2.24, 2.45) is 0 Å². The van der Waals surface area contributed by atoms with E-state index in [1.165, 1.54) is 0 Å². The average molecular weight is 339 g/mol. The summed E-state index contributed by atoms with van der Waals surface area (Å²) in [6.07, 6.45) is 5.03. The van der Waals surface area contributed by atoms with Crippen molar-refractivity contribution in [3.63, 3.8) is 0 Å². The van der Waals surface area contributed by atoms with E-state index in [4.69, 9.17) is 0 Å². The van der Waals surface area contributed by atoms with Crippen LogP contribution in [0.3, 0.4) is 0 Å². The number of aromatic nitrogens is 4. The van der Waals surface area contributed by atoms with Crippen LogP contribution in [0.2, 0.25) is 0 Å². The molecular formula is C17H17N5OS. The fourth-order valence-corrected chi connectivity index (χ4v) is 2.91. The molecule has 0 spiro atoms. The van der Waals surface area contributed by atoms with E-state index >= 15 is 0 Å². The van der Waals surface area contributed by atoms with Gasteiger partial charge < -0.3 is 5.32 Å². The number of thioether (sulfide) groups is 1. The SMILES string of the molecule is Cc1c(C(=O)NCCSc2ccccn2)cnn1-c1ccccn1. The van der Waals surface area contributed by atoms with Crippen LogP contribution in [0.15, 0.2) is 60.0 Å². The first kappa shape index (κ1) is 16.2. The predicted octanol–water partition coefficient (Wildman–Crippen LogP) is 2.49. The number of rotatable bonds is 6. The Bertz CT molecular complexity index is 804. The van der Waals surface area contributed by atoms with Crippen molar-refractivity contribution in [3.8, 4) is 5.82 Å². The minimum absolute atomic E-state index is 0.128. The zero-order chi connectivity index (χ0) is 16.8. The smallest absolute Gasteiger partial charge is 0.254 e. The fraction of sp³-hybridized carbons (Fsp3) is 0.176. The molecule has 0 unspecified atom stereocenters. The molecule has 0 radical (unpaired) electrons. The highest BCUT2D eigenvalue weighted by molar-refractivity contribution is 7.99. The molecule has 1 N–H and O–H groups in total. The van der Waals surface area contributed by atoms with E-state index in [1.807, 2.05) is 43.3 Å². The van der Waals surface area contributed by atoms with Gasteiger partial charge in [-0.3, -0.25) is 4.79 Å². The molecule has 0 fully saturated rings. The van der Waals surface area contributed by atoms with Gasteiger partial charge in [-0.1, -0.05) is 12.1 Å². The molecule has 3 aromatic heterocycles. The molecule has 0 aromatic carbocycles. The second kappa shape index (κ2) is 7.74. The molecule has 0 aliphatic rings. The molecule has 0 bridgehead atoms. The van der Waals surface area contributed by atoms with E-state index in [0.29, 0.717) is 17.9 Å². The van der Waals surface area contributed by atoms with Gasteiger partial charge in [0.25, 0.3) is 5.91 Å². The van der Waals surface area contributed by atoms with Crippen molar-refractivity contribution in [3.05, 3.63) is 66.2 Å². The summed E-state index contributed by atoms with van der Waals surface area (Å²) in [6.45, 7) is 2.42. The topological polar surface area (TPSA) is 72.7 Å². The Kier molecular flexibility index (Phi) is 5.22. The molecule has 0 aliphatic carbocycles. The zero-order valence-electron chi connectivity index (χ0n) is 13.2. The number of nitrogens with one attached hydrogen (secondary N) is 1. The Hall–Kier alpha value is -2.67. The summed E-state index contributed by atoms with van der Waals surface area (Å²) in [5.74, 6) is 1.33. The molecule has 0 aliphatic heterocycles. The first-order valence-corrected chi connectivity index (χ1v) is 8.52. The molecular weight excluding hydrogens is 322 g/mol. The van der Waals surface area contributed by atoms with Crippen molar-refractivity contribution in [1.29, 1.82) is 0 Å². The molecule has 1 amide bonds. The number of hydrogen-bond donors (Lipinski definition) is 1. The normalized spacial score (nSPS) is 10.5. The third kappa shape index (κ3) is 3.80. The van der Waals surface area contributed by atoms with Crippen LogP contribution < -0.4 is 5.32 Å².